The van der Waals surface area contributed by atoms with E-state index in [1.54, 1.807) is 12.5 Å². The molecule has 35 heavy (non-hydrogen) atoms. The number of anilines is 2. The van der Waals surface area contributed by atoms with E-state index in [4.69, 9.17) is 13.9 Å². The van der Waals surface area contributed by atoms with Crippen LogP contribution in [0.2, 0.25) is 0 Å². The SMILES string of the molecule is CC1=COC(c2ccccc2)N1c1ncc(CNc2nc3nc(C)cc(C4CCOCC4)n3n2)o1. The highest BCUT2D eigenvalue weighted by atomic mass is 16.5. The molecule has 0 bridgehead atoms. The molecule has 10 nitrogen and oxygen atoms in total. The molecule has 1 saturated heterocycles. The maximum Gasteiger partial charge on any atom is 0.305 e. The zero-order valence-electron chi connectivity index (χ0n) is 19.7. The van der Waals surface area contributed by atoms with Gasteiger partial charge in [-0.05, 0) is 32.8 Å². The van der Waals surface area contributed by atoms with Gasteiger partial charge in [0.15, 0.2) is 0 Å². The zero-order valence-corrected chi connectivity index (χ0v) is 19.7. The number of ether oxygens (including phenoxy) is 2. The molecule has 6 rings (SSSR count). The molecule has 1 aromatic carbocycles. The van der Waals surface area contributed by atoms with Gasteiger partial charge in [0.2, 0.25) is 12.2 Å². The van der Waals surface area contributed by atoms with Crippen molar-refractivity contribution >= 4 is 17.7 Å². The highest BCUT2D eigenvalue weighted by Crippen LogP contribution is 2.36. The third-order valence-electron chi connectivity index (χ3n) is 6.34. The Labute approximate surface area is 202 Å². The van der Waals surface area contributed by atoms with Crippen molar-refractivity contribution in [3.8, 4) is 0 Å². The molecule has 4 aromatic rings. The van der Waals surface area contributed by atoms with Crippen LogP contribution in [0, 0.1) is 6.92 Å². The molecule has 1 unspecified atom stereocenters. The van der Waals surface area contributed by atoms with Crippen LogP contribution in [0.3, 0.4) is 0 Å². The minimum atomic E-state index is -0.311. The van der Waals surface area contributed by atoms with E-state index in [-0.39, 0.29) is 6.23 Å². The molecule has 0 radical (unpaired) electrons. The Morgan fingerprint density at radius 3 is 2.74 bits per heavy atom. The van der Waals surface area contributed by atoms with Crippen LogP contribution in [0.1, 0.15) is 54.6 Å². The van der Waals surface area contributed by atoms with E-state index in [9.17, 15) is 0 Å². The summed E-state index contributed by atoms with van der Waals surface area (Å²) < 4.78 is 19.3. The van der Waals surface area contributed by atoms with Crippen LogP contribution in [-0.2, 0) is 16.0 Å². The second-order valence-electron chi connectivity index (χ2n) is 8.85. The topological polar surface area (TPSA) is 103 Å². The summed E-state index contributed by atoms with van der Waals surface area (Å²) in [5.74, 6) is 2.14. The minimum absolute atomic E-state index is 0.311. The van der Waals surface area contributed by atoms with Gasteiger partial charge in [0, 0.05) is 30.4 Å². The lowest BCUT2D eigenvalue weighted by Gasteiger charge is -2.23. The van der Waals surface area contributed by atoms with E-state index in [0.29, 0.717) is 36.0 Å². The van der Waals surface area contributed by atoms with E-state index in [0.717, 1.165) is 48.7 Å². The Balaban J connectivity index is 1.19. The first kappa shape index (κ1) is 21.6. The average molecular weight is 474 g/mol. The molecule has 0 saturated carbocycles. The predicted octanol–water partition coefficient (Wildman–Crippen LogP) is 4.32. The van der Waals surface area contributed by atoms with Crippen molar-refractivity contribution in [2.45, 2.75) is 45.4 Å². The molecule has 2 aliphatic rings. The van der Waals surface area contributed by atoms with E-state index < -0.39 is 0 Å². The number of benzene rings is 1. The zero-order chi connectivity index (χ0) is 23.8. The van der Waals surface area contributed by atoms with Crippen LogP contribution in [0.15, 0.2) is 59.0 Å². The molecule has 1 atom stereocenters. The Morgan fingerprint density at radius 2 is 1.91 bits per heavy atom. The van der Waals surface area contributed by atoms with Crippen LogP contribution < -0.4 is 10.2 Å². The van der Waals surface area contributed by atoms with Gasteiger partial charge in [-0.25, -0.2) is 9.97 Å². The smallest absolute Gasteiger partial charge is 0.305 e. The summed E-state index contributed by atoms with van der Waals surface area (Å²) in [6, 6.07) is 12.6. The lowest BCUT2D eigenvalue weighted by molar-refractivity contribution is 0.0840. The first-order valence-corrected chi connectivity index (χ1v) is 11.8. The van der Waals surface area contributed by atoms with E-state index in [1.807, 2.05) is 53.6 Å². The fraction of sp³-hybridized carbons (Fsp3) is 0.360. The standard InChI is InChI=1S/C25H27N7O3/c1-16-12-21(18-8-10-33-11-9-18)32-24(28-16)29-23(30-32)26-13-20-14-27-25(35-20)31-17(2)15-34-22(31)19-6-4-3-5-7-19/h3-7,12,14-15,18,22H,8-11,13H2,1-2H3,(H,26,30). The summed E-state index contributed by atoms with van der Waals surface area (Å²) in [6.45, 7) is 5.88. The number of oxazole rings is 1. The summed E-state index contributed by atoms with van der Waals surface area (Å²) in [5, 5.41) is 7.93. The molecule has 0 spiro atoms. The Bertz CT molecular complexity index is 1360. The highest BCUT2D eigenvalue weighted by molar-refractivity contribution is 5.44. The van der Waals surface area contributed by atoms with Crippen molar-refractivity contribution in [2.75, 3.05) is 23.4 Å². The number of allylic oxidation sites excluding steroid dienone is 1. The average Bonchev–Trinajstić information content (AvgIpc) is 3.61. The molecule has 5 heterocycles. The van der Waals surface area contributed by atoms with Crippen molar-refractivity contribution in [1.82, 2.24) is 24.6 Å². The van der Waals surface area contributed by atoms with Gasteiger partial charge in [0.25, 0.3) is 5.78 Å². The molecular formula is C25H27N7O3. The van der Waals surface area contributed by atoms with Crippen molar-refractivity contribution in [1.29, 1.82) is 0 Å². The van der Waals surface area contributed by atoms with Crippen LogP contribution in [0.25, 0.3) is 5.78 Å². The Morgan fingerprint density at radius 1 is 1.09 bits per heavy atom. The Hall–Kier alpha value is -3.92. The number of fused-ring (bicyclic) bond motifs is 1. The summed E-state index contributed by atoms with van der Waals surface area (Å²) >= 11 is 0. The molecular weight excluding hydrogens is 446 g/mol. The van der Waals surface area contributed by atoms with Gasteiger partial charge in [-0.15, -0.1) is 5.10 Å². The molecule has 0 aliphatic carbocycles. The van der Waals surface area contributed by atoms with Gasteiger partial charge < -0.3 is 19.2 Å². The fourth-order valence-electron chi connectivity index (χ4n) is 4.59. The third kappa shape index (κ3) is 4.21. The van der Waals surface area contributed by atoms with Crippen LogP contribution >= 0.6 is 0 Å². The van der Waals surface area contributed by atoms with Gasteiger partial charge in [0.1, 0.15) is 12.0 Å². The first-order chi connectivity index (χ1) is 17.2. The highest BCUT2D eigenvalue weighted by Gasteiger charge is 2.31. The Kier molecular flexibility index (Phi) is 5.57. The van der Waals surface area contributed by atoms with Crippen molar-refractivity contribution in [3.63, 3.8) is 0 Å². The molecule has 2 aliphatic heterocycles. The van der Waals surface area contributed by atoms with Gasteiger partial charge >= 0.3 is 6.01 Å². The van der Waals surface area contributed by atoms with E-state index >= 15 is 0 Å². The monoisotopic (exact) mass is 473 g/mol. The number of hydrogen-bond donors (Lipinski definition) is 1. The van der Waals surface area contributed by atoms with E-state index in [1.165, 1.54) is 0 Å². The maximum absolute atomic E-state index is 6.06. The number of hydrogen-bond acceptors (Lipinski definition) is 9. The number of rotatable bonds is 6. The maximum atomic E-state index is 6.06. The lowest BCUT2D eigenvalue weighted by Crippen LogP contribution is -2.23. The number of aryl methyl sites for hydroxylation is 1. The van der Waals surface area contributed by atoms with Crippen LogP contribution in [0.4, 0.5) is 12.0 Å². The van der Waals surface area contributed by atoms with Crippen molar-refractivity contribution < 1.29 is 13.9 Å². The minimum Gasteiger partial charge on any atom is -0.472 e. The summed E-state index contributed by atoms with van der Waals surface area (Å²) in [5.41, 5.74) is 4.00. The predicted molar refractivity (Wildman–Crippen MR) is 129 cm³/mol. The third-order valence-corrected chi connectivity index (χ3v) is 6.34. The second-order valence-corrected chi connectivity index (χ2v) is 8.85. The molecule has 180 valence electrons. The molecule has 0 amide bonds. The molecule has 10 heteroatoms. The van der Waals surface area contributed by atoms with Crippen molar-refractivity contribution in [2.24, 2.45) is 0 Å². The second kappa shape index (κ2) is 9.03. The summed E-state index contributed by atoms with van der Waals surface area (Å²) in [4.78, 5) is 15.6. The number of nitrogens with zero attached hydrogens (tertiary/aromatic N) is 6. The summed E-state index contributed by atoms with van der Waals surface area (Å²) in [7, 11) is 0. The fourth-order valence-corrected chi connectivity index (χ4v) is 4.59. The summed E-state index contributed by atoms with van der Waals surface area (Å²) in [6.07, 6.45) is 5.07. The van der Waals surface area contributed by atoms with Gasteiger partial charge in [0.05, 0.1) is 24.1 Å². The number of aromatic nitrogens is 5. The first-order valence-electron chi connectivity index (χ1n) is 11.8. The van der Waals surface area contributed by atoms with Gasteiger partial charge in [-0.2, -0.15) is 9.50 Å². The van der Waals surface area contributed by atoms with Crippen LogP contribution in [0.5, 0.6) is 0 Å². The van der Waals surface area contributed by atoms with Crippen molar-refractivity contribution in [3.05, 3.63) is 77.3 Å². The number of nitrogens with one attached hydrogen (secondary N) is 1. The largest absolute Gasteiger partial charge is 0.472 e. The molecule has 3 aromatic heterocycles. The normalized spacial score (nSPS) is 18.6. The molecule has 1 fully saturated rings. The quantitative estimate of drug-likeness (QED) is 0.438. The van der Waals surface area contributed by atoms with Gasteiger partial charge in [-0.1, -0.05) is 30.3 Å². The van der Waals surface area contributed by atoms with Crippen LogP contribution in [-0.4, -0.2) is 37.8 Å². The van der Waals surface area contributed by atoms with Gasteiger partial charge in [-0.3, -0.25) is 4.90 Å². The molecule has 1 N–H and O–H groups in total. The lowest BCUT2D eigenvalue weighted by atomic mass is 9.96. The van der Waals surface area contributed by atoms with E-state index in [2.05, 4.69) is 31.4 Å².